The summed E-state index contributed by atoms with van der Waals surface area (Å²) < 4.78 is 0. The molecular formula is C15H25N3O2. The Kier molecular flexibility index (Phi) is 3.96. The largest absolute Gasteiger partial charge is 0.342 e. The number of nitrogens with zero attached hydrogens (tertiary/aromatic N) is 2. The first-order valence-corrected chi connectivity index (χ1v) is 7.99. The Balaban J connectivity index is 1.58. The summed E-state index contributed by atoms with van der Waals surface area (Å²) in [5, 5.41) is 0. The Morgan fingerprint density at radius 2 is 1.75 bits per heavy atom. The maximum absolute atomic E-state index is 12.5. The number of hydrogen-bond donors (Lipinski definition) is 1. The van der Waals surface area contributed by atoms with Crippen molar-refractivity contribution < 1.29 is 9.59 Å². The molecule has 0 aromatic carbocycles. The molecule has 0 aromatic rings. The van der Waals surface area contributed by atoms with Gasteiger partial charge in [0.1, 0.15) is 0 Å². The molecule has 20 heavy (non-hydrogen) atoms. The molecule has 3 fully saturated rings. The standard InChI is InChI=1S/C15H25N3O2/c16-12-5-7-17(8-6-12)15(20)11-9-14(19)18(10-11)13-3-1-2-4-13/h11-13H,1-10,16H2. The van der Waals surface area contributed by atoms with Gasteiger partial charge in [-0.1, -0.05) is 12.8 Å². The molecule has 2 saturated heterocycles. The molecule has 5 heteroatoms. The van der Waals surface area contributed by atoms with Crippen molar-refractivity contribution in [2.24, 2.45) is 11.7 Å². The molecule has 5 nitrogen and oxygen atoms in total. The molecule has 112 valence electrons. The first kappa shape index (κ1) is 13.9. The summed E-state index contributed by atoms with van der Waals surface area (Å²) in [4.78, 5) is 28.6. The lowest BCUT2D eigenvalue weighted by Crippen LogP contribution is -2.45. The Labute approximate surface area is 120 Å². The Bertz CT molecular complexity index is 385. The van der Waals surface area contributed by atoms with Gasteiger partial charge in [0.05, 0.1) is 5.92 Å². The second-order valence-corrected chi connectivity index (χ2v) is 6.55. The molecule has 1 unspecified atom stereocenters. The van der Waals surface area contributed by atoms with E-state index in [1.165, 1.54) is 12.8 Å². The molecule has 0 radical (unpaired) electrons. The first-order chi connectivity index (χ1) is 9.65. The smallest absolute Gasteiger partial charge is 0.227 e. The average Bonchev–Trinajstić information content (AvgIpc) is 3.07. The van der Waals surface area contributed by atoms with Crippen molar-refractivity contribution in [3.8, 4) is 0 Å². The van der Waals surface area contributed by atoms with Crippen molar-refractivity contribution in [3.05, 3.63) is 0 Å². The van der Waals surface area contributed by atoms with Crippen LogP contribution in [0.3, 0.4) is 0 Å². The van der Waals surface area contributed by atoms with Crippen LogP contribution in [0.4, 0.5) is 0 Å². The van der Waals surface area contributed by atoms with E-state index in [0.717, 1.165) is 38.8 Å². The van der Waals surface area contributed by atoms with E-state index in [1.807, 2.05) is 9.80 Å². The number of hydrogen-bond acceptors (Lipinski definition) is 3. The van der Waals surface area contributed by atoms with Crippen LogP contribution in [0, 0.1) is 5.92 Å². The van der Waals surface area contributed by atoms with Crippen LogP contribution in [0.15, 0.2) is 0 Å². The van der Waals surface area contributed by atoms with Gasteiger partial charge in [-0.15, -0.1) is 0 Å². The normalized spacial score (nSPS) is 29.4. The van der Waals surface area contributed by atoms with E-state index in [9.17, 15) is 9.59 Å². The summed E-state index contributed by atoms with van der Waals surface area (Å²) in [6.07, 6.45) is 6.86. The van der Waals surface area contributed by atoms with Gasteiger partial charge in [-0.3, -0.25) is 9.59 Å². The molecule has 0 spiro atoms. The van der Waals surface area contributed by atoms with Crippen molar-refractivity contribution in [2.75, 3.05) is 19.6 Å². The van der Waals surface area contributed by atoms with Crippen LogP contribution in [0.25, 0.3) is 0 Å². The number of piperidine rings is 1. The number of likely N-dealkylation sites (tertiary alicyclic amines) is 2. The van der Waals surface area contributed by atoms with E-state index in [2.05, 4.69) is 0 Å². The molecular weight excluding hydrogens is 254 g/mol. The molecule has 0 aromatic heterocycles. The second kappa shape index (κ2) is 5.72. The molecule has 2 N–H and O–H groups in total. The zero-order chi connectivity index (χ0) is 14.1. The third kappa shape index (κ3) is 2.68. The molecule has 1 aliphatic carbocycles. The quantitative estimate of drug-likeness (QED) is 0.810. The van der Waals surface area contributed by atoms with Crippen LogP contribution in [0.5, 0.6) is 0 Å². The summed E-state index contributed by atoms with van der Waals surface area (Å²) in [6.45, 7) is 2.16. The summed E-state index contributed by atoms with van der Waals surface area (Å²) >= 11 is 0. The van der Waals surface area contributed by atoms with Crippen LogP contribution < -0.4 is 5.73 Å². The van der Waals surface area contributed by atoms with Gasteiger partial charge in [0.25, 0.3) is 0 Å². The molecule has 2 amide bonds. The SMILES string of the molecule is NC1CCN(C(=O)C2CC(=O)N(C3CCCC3)C2)CC1. The van der Waals surface area contributed by atoms with Crippen molar-refractivity contribution in [2.45, 2.75) is 57.0 Å². The molecule has 1 saturated carbocycles. The lowest BCUT2D eigenvalue weighted by Gasteiger charge is -2.32. The summed E-state index contributed by atoms with van der Waals surface area (Å²) in [5.74, 6) is 0.243. The predicted molar refractivity (Wildman–Crippen MR) is 75.9 cm³/mol. The van der Waals surface area contributed by atoms with Gasteiger partial charge in [0.2, 0.25) is 11.8 Å². The lowest BCUT2D eigenvalue weighted by atomic mass is 10.0. The van der Waals surface area contributed by atoms with Crippen LogP contribution in [0.1, 0.15) is 44.9 Å². The van der Waals surface area contributed by atoms with E-state index in [1.54, 1.807) is 0 Å². The van der Waals surface area contributed by atoms with Gasteiger partial charge in [0.15, 0.2) is 0 Å². The highest BCUT2D eigenvalue weighted by molar-refractivity contribution is 5.89. The van der Waals surface area contributed by atoms with Gasteiger partial charge in [-0.05, 0) is 25.7 Å². The number of carbonyl (C=O) groups excluding carboxylic acids is 2. The predicted octanol–water partition coefficient (Wildman–Crippen LogP) is 0.727. The third-order valence-electron chi connectivity index (χ3n) is 5.12. The van der Waals surface area contributed by atoms with Gasteiger partial charge >= 0.3 is 0 Å². The second-order valence-electron chi connectivity index (χ2n) is 6.55. The van der Waals surface area contributed by atoms with Gasteiger partial charge < -0.3 is 15.5 Å². The zero-order valence-electron chi connectivity index (χ0n) is 12.1. The Morgan fingerprint density at radius 1 is 1.10 bits per heavy atom. The average molecular weight is 279 g/mol. The third-order valence-corrected chi connectivity index (χ3v) is 5.12. The highest BCUT2D eigenvalue weighted by atomic mass is 16.2. The lowest BCUT2D eigenvalue weighted by molar-refractivity contribution is -0.136. The molecule has 2 heterocycles. The van der Waals surface area contributed by atoms with Crippen LogP contribution in [-0.4, -0.2) is 53.3 Å². The summed E-state index contributed by atoms with van der Waals surface area (Å²) in [6, 6.07) is 0.634. The first-order valence-electron chi connectivity index (χ1n) is 7.99. The van der Waals surface area contributed by atoms with Crippen LogP contribution >= 0.6 is 0 Å². The fourth-order valence-corrected chi connectivity index (χ4v) is 3.84. The maximum atomic E-state index is 12.5. The van der Waals surface area contributed by atoms with Crippen molar-refractivity contribution >= 4 is 11.8 Å². The molecule has 2 aliphatic heterocycles. The van der Waals surface area contributed by atoms with E-state index in [-0.39, 0.29) is 23.8 Å². The van der Waals surface area contributed by atoms with Crippen molar-refractivity contribution in [1.29, 1.82) is 0 Å². The Hall–Kier alpha value is -1.10. The van der Waals surface area contributed by atoms with Crippen molar-refractivity contribution in [1.82, 2.24) is 9.80 Å². The fourth-order valence-electron chi connectivity index (χ4n) is 3.84. The molecule has 3 aliphatic rings. The minimum atomic E-state index is -0.113. The molecule has 3 rings (SSSR count). The maximum Gasteiger partial charge on any atom is 0.227 e. The summed E-state index contributed by atoms with van der Waals surface area (Å²) in [7, 11) is 0. The number of carbonyl (C=O) groups is 2. The van der Waals surface area contributed by atoms with E-state index < -0.39 is 0 Å². The van der Waals surface area contributed by atoms with E-state index in [0.29, 0.717) is 19.0 Å². The minimum Gasteiger partial charge on any atom is -0.342 e. The molecule has 0 bridgehead atoms. The topological polar surface area (TPSA) is 66.6 Å². The fraction of sp³-hybridized carbons (Fsp3) is 0.867. The summed E-state index contributed by atoms with van der Waals surface area (Å²) in [5.41, 5.74) is 5.88. The zero-order valence-corrected chi connectivity index (χ0v) is 12.1. The number of amides is 2. The minimum absolute atomic E-state index is 0.113. The van der Waals surface area contributed by atoms with Crippen molar-refractivity contribution in [3.63, 3.8) is 0 Å². The van der Waals surface area contributed by atoms with Gasteiger partial charge in [-0.2, -0.15) is 0 Å². The van der Waals surface area contributed by atoms with Crippen LogP contribution in [0.2, 0.25) is 0 Å². The van der Waals surface area contributed by atoms with E-state index >= 15 is 0 Å². The van der Waals surface area contributed by atoms with Gasteiger partial charge in [-0.25, -0.2) is 0 Å². The Morgan fingerprint density at radius 3 is 2.40 bits per heavy atom. The highest BCUT2D eigenvalue weighted by Gasteiger charge is 2.40. The number of nitrogens with two attached hydrogens (primary N) is 1. The molecule has 1 atom stereocenters. The highest BCUT2D eigenvalue weighted by Crippen LogP contribution is 2.30. The van der Waals surface area contributed by atoms with Crippen LogP contribution in [-0.2, 0) is 9.59 Å². The monoisotopic (exact) mass is 279 g/mol. The number of rotatable bonds is 2. The van der Waals surface area contributed by atoms with E-state index in [4.69, 9.17) is 5.73 Å². The van der Waals surface area contributed by atoms with Gasteiger partial charge in [0, 0.05) is 38.1 Å².